The minimum absolute atomic E-state index is 0.213. The molecular formula is C22H23NO6. The fourth-order valence-electron chi connectivity index (χ4n) is 2.59. The lowest BCUT2D eigenvalue weighted by Gasteiger charge is -2.25. The first-order chi connectivity index (χ1) is 13.7. The number of nitrogens with two attached hydrogens (primary N) is 1. The first-order valence-corrected chi connectivity index (χ1v) is 8.99. The maximum atomic E-state index is 12.5. The lowest BCUT2D eigenvalue weighted by molar-refractivity contribution is -0.166. The molecule has 0 fully saturated rings. The van der Waals surface area contributed by atoms with Crippen LogP contribution in [0, 0.1) is 0 Å². The fraction of sp³-hybridized carbons (Fsp3) is 0.273. The van der Waals surface area contributed by atoms with Gasteiger partial charge in [0.2, 0.25) is 5.54 Å². The Morgan fingerprint density at radius 1 is 0.759 bits per heavy atom. The molecular weight excluding hydrogens is 374 g/mol. The molecule has 0 saturated heterocycles. The van der Waals surface area contributed by atoms with Crippen molar-refractivity contribution in [1.29, 1.82) is 0 Å². The highest BCUT2D eigenvalue weighted by atomic mass is 16.6. The zero-order valence-corrected chi connectivity index (χ0v) is 16.3. The fourth-order valence-corrected chi connectivity index (χ4v) is 2.59. The van der Waals surface area contributed by atoms with Crippen molar-refractivity contribution >= 4 is 23.5 Å². The van der Waals surface area contributed by atoms with E-state index in [-0.39, 0.29) is 6.42 Å². The number of carbonyl (C=O) groups excluding carboxylic acids is 4. The predicted octanol–water partition coefficient (Wildman–Crippen LogP) is 1.86. The van der Waals surface area contributed by atoms with Crippen LogP contribution in [0.3, 0.4) is 0 Å². The minimum atomic E-state index is -2.18. The van der Waals surface area contributed by atoms with Gasteiger partial charge in [0.15, 0.2) is 11.6 Å². The molecule has 0 aliphatic carbocycles. The lowest BCUT2D eigenvalue weighted by atomic mass is 9.91. The summed E-state index contributed by atoms with van der Waals surface area (Å²) in [6.45, 7) is 1.46. The molecule has 2 aromatic carbocycles. The number of carbonyl (C=O) groups is 4. The van der Waals surface area contributed by atoms with Crippen molar-refractivity contribution < 1.29 is 28.7 Å². The van der Waals surface area contributed by atoms with Crippen LogP contribution in [0.4, 0.5) is 0 Å². The summed E-state index contributed by atoms with van der Waals surface area (Å²) >= 11 is 0. The Hall–Kier alpha value is -3.32. The van der Waals surface area contributed by atoms with E-state index in [0.717, 1.165) is 11.1 Å². The number of ketones is 2. The van der Waals surface area contributed by atoms with Crippen LogP contribution >= 0.6 is 0 Å². The summed E-state index contributed by atoms with van der Waals surface area (Å²) in [6, 6.07) is 16.8. The molecule has 0 heterocycles. The van der Waals surface area contributed by atoms with Crippen LogP contribution in [0.1, 0.15) is 19.4 Å². The van der Waals surface area contributed by atoms with E-state index in [1.54, 1.807) is 12.1 Å². The zero-order chi connectivity index (χ0) is 21.4. The Bertz CT molecular complexity index is 859. The largest absolute Gasteiger partial charge is 0.456 e. The number of benzene rings is 2. The molecule has 0 radical (unpaired) electrons. The van der Waals surface area contributed by atoms with E-state index in [4.69, 9.17) is 15.2 Å². The smallest absolute Gasteiger partial charge is 0.338 e. The third-order valence-electron chi connectivity index (χ3n) is 4.09. The van der Waals surface area contributed by atoms with Crippen molar-refractivity contribution in [2.24, 2.45) is 5.73 Å². The van der Waals surface area contributed by atoms with E-state index >= 15 is 0 Å². The number of rotatable bonds is 9. The van der Waals surface area contributed by atoms with Gasteiger partial charge in [-0.15, -0.1) is 0 Å². The van der Waals surface area contributed by atoms with E-state index < -0.39 is 42.3 Å². The second-order valence-corrected chi connectivity index (χ2v) is 6.77. The van der Waals surface area contributed by atoms with Crippen molar-refractivity contribution in [2.75, 3.05) is 13.2 Å². The van der Waals surface area contributed by atoms with Gasteiger partial charge in [-0.2, -0.15) is 0 Å². The molecule has 0 unspecified atom stereocenters. The molecule has 7 heteroatoms. The van der Waals surface area contributed by atoms with Crippen LogP contribution in [-0.2, 0) is 35.1 Å². The van der Waals surface area contributed by atoms with Crippen molar-refractivity contribution in [2.45, 2.75) is 25.8 Å². The van der Waals surface area contributed by atoms with E-state index in [1.165, 1.54) is 13.8 Å². The second-order valence-electron chi connectivity index (χ2n) is 6.77. The van der Waals surface area contributed by atoms with Gasteiger partial charge in [-0.25, -0.2) is 9.59 Å². The summed E-state index contributed by atoms with van der Waals surface area (Å²) in [5.74, 6) is -2.98. The first-order valence-electron chi connectivity index (χ1n) is 8.99. The summed E-state index contributed by atoms with van der Waals surface area (Å²) in [7, 11) is 0. The molecule has 0 saturated carbocycles. The summed E-state index contributed by atoms with van der Waals surface area (Å²) in [4.78, 5) is 47.1. The van der Waals surface area contributed by atoms with Crippen molar-refractivity contribution in [1.82, 2.24) is 0 Å². The maximum Gasteiger partial charge on any atom is 0.338 e. The third kappa shape index (κ3) is 6.08. The molecule has 2 N–H and O–H groups in total. The van der Waals surface area contributed by atoms with Crippen LogP contribution in [-0.4, -0.2) is 42.3 Å². The molecule has 0 spiro atoms. The summed E-state index contributed by atoms with van der Waals surface area (Å²) < 4.78 is 9.73. The summed E-state index contributed by atoms with van der Waals surface area (Å²) in [6.07, 6.45) is -0.213. The molecule has 0 bridgehead atoms. The van der Waals surface area contributed by atoms with Crippen molar-refractivity contribution in [3.63, 3.8) is 0 Å². The van der Waals surface area contributed by atoms with Gasteiger partial charge in [-0.05, 0) is 30.5 Å². The number of Topliss-reactive ketones (excluding diaryl/α,β-unsaturated/α-hetero) is 2. The molecule has 29 heavy (non-hydrogen) atoms. The van der Waals surface area contributed by atoms with E-state index in [1.807, 2.05) is 42.5 Å². The third-order valence-corrected chi connectivity index (χ3v) is 4.09. The van der Waals surface area contributed by atoms with Gasteiger partial charge in [0.1, 0.15) is 13.2 Å². The zero-order valence-electron chi connectivity index (χ0n) is 16.3. The highest BCUT2D eigenvalue weighted by molar-refractivity contribution is 6.06. The first kappa shape index (κ1) is 22.0. The van der Waals surface area contributed by atoms with Crippen LogP contribution in [0.15, 0.2) is 54.6 Å². The Labute approximate surface area is 168 Å². The van der Waals surface area contributed by atoms with Crippen LogP contribution in [0.25, 0.3) is 11.1 Å². The van der Waals surface area contributed by atoms with Crippen molar-refractivity contribution in [3.05, 3.63) is 60.2 Å². The Balaban J connectivity index is 2.23. The highest BCUT2D eigenvalue weighted by Gasteiger charge is 2.46. The van der Waals surface area contributed by atoms with E-state index in [0.29, 0.717) is 5.56 Å². The molecule has 0 aromatic heterocycles. The van der Waals surface area contributed by atoms with E-state index in [2.05, 4.69) is 0 Å². The van der Waals surface area contributed by atoms with Crippen LogP contribution in [0.5, 0.6) is 0 Å². The average Bonchev–Trinajstić information content (AvgIpc) is 2.71. The Kier molecular flexibility index (Phi) is 7.39. The number of hydrogen-bond donors (Lipinski definition) is 1. The highest BCUT2D eigenvalue weighted by Crippen LogP contribution is 2.22. The molecule has 152 valence electrons. The quantitative estimate of drug-likeness (QED) is 0.507. The van der Waals surface area contributed by atoms with Gasteiger partial charge in [0.05, 0.1) is 0 Å². The van der Waals surface area contributed by atoms with Gasteiger partial charge < -0.3 is 15.2 Å². The second kappa shape index (κ2) is 9.75. The Morgan fingerprint density at radius 2 is 1.21 bits per heavy atom. The molecule has 2 aromatic rings. The SMILES string of the molecule is CC(=O)COC(=O)C(N)(Cc1ccc(-c2ccccc2)cc1)C(=O)OCC(C)=O. The molecule has 2 rings (SSSR count). The lowest BCUT2D eigenvalue weighted by Crippen LogP contribution is -2.58. The van der Waals surface area contributed by atoms with Gasteiger partial charge in [0, 0.05) is 6.42 Å². The van der Waals surface area contributed by atoms with Crippen molar-refractivity contribution in [3.8, 4) is 11.1 Å². The summed E-state index contributed by atoms with van der Waals surface area (Å²) in [5, 5.41) is 0. The topological polar surface area (TPSA) is 113 Å². The standard InChI is InChI=1S/C22H23NO6/c1-15(24)13-28-20(26)22(23,21(27)29-14-16(2)25)12-17-8-10-19(11-9-17)18-6-4-3-5-7-18/h3-11H,12-14,23H2,1-2H3. The number of hydrogen-bond acceptors (Lipinski definition) is 7. The number of ether oxygens (including phenoxy) is 2. The van der Waals surface area contributed by atoms with Crippen LogP contribution in [0.2, 0.25) is 0 Å². The molecule has 0 aliphatic rings. The van der Waals surface area contributed by atoms with Gasteiger partial charge in [-0.1, -0.05) is 54.6 Å². The van der Waals surface area contributed by atoms with Crippen LogP contribution < -0.4 is 5.73 Å². The van der Waals surface area contributed by atoms with E-state index in [9.17, 15) is 19.2 Å². The summed E-state index contributed by atoms with van der Waals surface area (Å²) in [5.41, 5.74) is 6.44. The normalized spacial score (nSPS) is 10.9. The van der Waals surface area contributed by atoms with Gasteiger partial charge in [0.25, 0.3) is 0 Å². The monoisotopic (exact) mass is 397 g/mol. The van der Waals surface area contributed by atoms with Gasteiger partial charge in [-0.3, -0.25) is 9.59 Å². The average molecular weight is 397 g/mol. The predicted molar refractivity (Wildman–Crippen MR) is 106 cm³/mol. The minimum Gasteiger partial charge on any atom is -0.456 e. The Morgan fingerprint density at radius 3 is 1.66 bits per heavy atom. The maximum absolute atomic E-state index is 12.5. The van der Waals surface area contributed by atoms with Gasteiger partial charge >= 0.3 is 11.9 Å². The molecule has 0 aliphatic heterocycles. The number of esters is 2. The molecule has 7 nitrogen and oxygen atoms in total. The molecule has 0 atom stereocenters. The molecule has 0 amide bonds.